The largest absolute Gasteiger partial charge is 0.338 e. The fourth-order valence-corrected chi connectivity index (χ4v) is 2.87. The van der Waals surface area contributed by atoms with Crippen molar-refractivity contribution >= 4 is 6.03 Å². The molecule has 2 rings (SSSR count). The highest BCUT2D eigenvalue weighted by Crippen LogP contribution is 2.18. The van der Waals surface area contributed by atoms with Crippen LogP contribution in [-0.4, -0.2) is 37.1 Å². The molecule has 122 valence electrons. The molecule has 4 heteroatoms. The van der Waals surface area contributed by atoms with E-state index >= 15 is 0 Å². The minimum atomic E-state index is -0.0137. The summed E-state index contributed by atoms with van der Waals surface area (Å²) in [7, 11) is 0. The molecule has 22 heavy (non-hydrogen) atoms. The topological polar surface area (TPSA) is 44.4 Å². The third kappa shape index (κ3) is 6.06. The second-order valence-corrected chi connectivity index (χ2v) is 6.20. The van der Waals surface area contributed by atoms with Gasteiger partial charge in [-0.25, -0.2) is 4.79 Å². The van der Waals surface area contributed by atoms with E-state index in [9.17, 15) is 4.79 Å². The number of hydrogen-bond acceptors (Lipinski definition) is 2. The van der Waals surface area contributed by atoms with E-state index in [1.807, 2.05) is 0 Å². The second kappa shape index (κ2) is 9.46. The van der Waals surface area contributed by atoms with Crippen LogP contribution in [0.25, 0.3) is 0 Å². The number of unbranched alkanes of at least 4 members (excludes halogenated alkanes) is 1. The molecule has 1 aliphatic heterocycles. The normalized spacial score (nSPS) is 16.4. The highest BCUT2D eigenvalue weighted by atomic mass is 16.2. The van der Waals surface area contributed by atoms with Crippen molar-refractivity contribution < 1.29 is 4.79 Å². The number of hydrogen-bond donors (Lipinski definition) is 2. The predicted octanol–water partition coefficient (Wildman–Crippen LogP) is 3.00. The zero-order valence-electron chi connectivity index (χ0n) is 13.7. The molecule has 1 aromatic rings. The van der Waals surface area contributed by atoms with Gasteiger partial charge in [0.15, 0.2) is 0 Å². The second-order valence-electron chi connectivity index (χ2n) is 6.20. The number of piperidine rings is 1. The Morgan fingerprint density at radius 1 is 1.18 bits per heavy atom. The highest BCUT2D eigenvalue weighted by molar-refractivity contribution is 5.73. The molecule has 1 saturated heterocycles. The first-order valence-corrected chi connectivity index (χ1v) is 8.56. The van der Waals surface area contributed by atoms with Gasteiger partial charge in [-0.2, -0.15) is 0 Å². The van der Waals surface area contributed by atoms with Crippen LogP contribution < -0.4 is 10.6 Å². The number of benzene rings is 1. The number of urea groups is 1. The van der Waals surface area contributed by atoms with E-state index in [1.54, 1.807) is 0 Å². The molecule has 0 spiro atoms. The Bertz CT molecular complexity index is 427. The first-order chi connectivity index (χ1) is 10.8. The average molecular weight is 303 g/mol. The van der Waals surface area contributed by atoms with E-state index in [1.165, 1.54) is 18.4 Å². The van der Waals surface area contributed by atoms with Crippen LogP contribution in [-0.2, 0) is 6.54 Å². The number of likely N-dealkylation sites (tertiary alicyclic amines) is 1. The van der Waals surface area contributed by atoms with Gasteiger partial charge in [-0.3, -0.25) is 4.90 Å². The van der Waals surface area contributed by atoms with Crippen molar-refractivity contribution in [1.29, 1.82) is 0 Å². The van der Waals surface area contributed by atoms with Gasteiger partial charge in [0.25, 0.3) is 0 Å². The molecule has 2 N–H and O–H groups in total. The molecule has 1 heterocycles. The Morgan fingerprint density at radius 3 is 2.59 bits per heavy atom. The van der Waals surface area contributed by atoms with Crippen molar-refractivity contribution in [2.75, 3.05) is 26.2 Å². The summed E-state index contributed by atoms with van der Waals surface area (Å²) in [5, 5.41) is 5.91. The number of carbonyl (C=O) groups excluding carboxylic acids is 1. The number of amides is 2. The molecule has 0 aliphatic carbocycles. The molecule has 1 fully saturated rings. The van der Waals surface area contributed by atoms with Crippen LogP contribution in [0.1, 0.15) is 38.2 Å². The zero-order chi connectivity index (χ0) is 15.6. The number of rotatable bonds is 7. The smallest absolute Gasteiger partial charge is 0.314 e. The first kappa shape index (κ1) is 16.8. The van der Waals surface area contributed by atoms with Crippen LogP contribution in [0.5, 0.6) is 0 Å². The van der Waals surface area contributed by atoms with Crippen LogP contribution in [0.2, 0.25) is 0 Å². The molecule has 0 aromatic heterocycles. The van der Waals surface area contributed by atoms with Gasteiger partial charge >= 0.3 is 6.03 Å². The van der Waals surface area contributed by atoms with Gasteiger partial charge in [-0.05, 0) is 43.8 Å². The first-order valence-electron chi connectivity index (χ1n) is 8.56. The maximum absolute atomic E-state index is 11.6. The fraction of sp³-hybridized carbons (Fsp3) is 0.611. The van der Waals surface area contributed by atoms with Gasteiger partial charge in [-0.15, -0.1) is 0 Å². The summed E-state index contributed by atoms with van der Waals surface area (Å²) in [6, 6.07) is 10.6. The zero-order valence-corrected chi connectivity index (χ0v) is 13.7. The van der Waals surface area contributed by atoms with Crippen molar-refractivity contribution in [3.05, 3.63) is 35.9 Å². The monoisotopic (exact) mass is 303 g/mol. The molecule has 0 atom stereocenters. The third-order valence-electron chi connectivity index (χ3n) is 4.32. The average Bonchev–Trinajstić information content (AvgIpc) is 2.55. The van der Waals surface area contributed by atoms with Crippen molar-refractivity contribution in [3.8, 4) is 0 Å². The maximum atomic E-state index is 11.6. The van der Waals surface area contributed by atoms with E-state index in [0.717, 1.165) is 45.6 Å². The molecule has 1 aliphatic rings. The minimum absolute atomic E-state index is 0.0137. The molecule has 1 aromatic carbocycles. The number of nitrogens with zero attached hydrogens (tertiary/aromatic N) is 1. The predicted molar refractivity (Wildman–Crippen MR) is 90.8 cm³/mol. The molecule has 2 amide bonds. The fourth-order valence-electron chi connectivity index (χ4n) is 2.87. The lowest BCUT2D eigenvalue weighted by atomic mass is 9.96. The van der Waals surface area contributed by atoms with E-state index in [2.05, 4.69) is 52.8 Å². The van der Waals surface area contributed by atoms with Crippen molar-refractivity contribution in [1.82, 2.24) is 15.5 Å². The molecule has 0 saturated carbocycles. The summed E-state index contributed by atoms with van der Waals surface area (Å²) in [4.78, 5) is 14.1. The molecule has 4 nitrogen and oxygen atoms in total. The summed E-state index contributed by atoms with van der Waals surface area (Å²) in [6.45, 7) is 6.99. The lowest BCUT2D eigenvalue weighted by molar-refractivity contribution is 0.175. The Hall–Kier alpha value is -1.55. The quantitative estimate of drug-likeness (QED) is 0.761. The van der Waals surface area contributed by atoms with Gasteiger partial charge in [-0.1, -0.05) is 43.7 Å². The molecular weight excluding hydrogens is 274 g/mol. The Labute approximate surface area is 134 Å². The summed E-state index contributed by atoms with van der Waals surface area (Å²) >= 11 is 0. The number of carbonyl (C=O) groups is 1. The third-order valence-corrected chi connectivity index (χ3v) is 4.32. The van der Waals surface area contributed by atoms with E-state index in [-0.39, 0.29) is 6.03 Å². The highest BCUT2D eigenvalue weighted by Gasteiger charge is 2.19. The van der Waals surface area contributed by atoms with Crippen LogP contribution in [0.3, 0.4) is 0 Å². The van der Waals surface area contributed by atoms with Crippen LogP contribution in [0.4, 0.5) is 4.79 Å². The molecule has 0 bridgehead atoms. The minimum Gasteiger partial charge on any atom is -0.338 e. The van der Waals surface area contributed by atoms with Crippen LogP contribution in [0.15, 0.2) is 30.3 Å². The van der Waals surface area contributed by atoms with E-state index in [0.29, 0.717) is 5.92 Å². The summed E-state index contributed by atoms with van der Waals surface area (Å²) < 4.78 is 0. The van der Waals surface area contributed by atoms with Crippen LogP contribution in [0, 0.1) is 5.92 Å². The van der Waals surface area contributed by atoms with E-state index < -0.39 is 0 Å². The molecular formula is C18H29N3O. The van der Waals surface area contributed by atoms with Crippen molar-refractivity contribution in [2.45, 2.75) is 39.2 Å². The van der Waals surface area contributed by atoms with Gasteiger partial charge in [0.05, 0.1) is 0 Å². The van der Waals surface area contributed by atoms with E-state index in [4.69, 9.17) is 0 Å². The van der Waals surface area contributed by atoms with Gasteiger partial charge in [0, 0.05) is 19.6 Å². The van der Waals surface area contributed by atoms with Gasteiger partial charge in [0.1, 0.15) is 0 Å². The Balaban J connectivity index is 1.60. The summed E-state index contributed by atoms with van der Waals surface area (Å²) in [5.41, 5.74) is 1.38. The Kier molecular flexibility index (Phi) is 7.23. The molecule has 0 radical (unpaired) electrons. The van der Waals surface area contributed by atoms with Gasteiger partial charge in [0.2, 0.25) is 0 Å². The summed E-state index contributed by atoms with van der Waals surface area (Å²) in [5.74, 6) is 0.615. The SMILES string of the molecule is CCCCNC(=O)NCC1CCN(Cc2ccccc2)CC1. The van der Waals surface area contributed by atoms with Gasteiger partial charge < -0.3 is 10.6 Å². The standard InChI is InChI=1S/C18H29N3O/c1-2-3-11-19-18(22)20-14-16-9-12-21(13-10-16)15-17-7-5-4-6-8-17/h4-8,16H,2-3,9-15H2,1H3,(H2,19,20,22). The number of nitrogens with one attached hydrogen (secondary N) is 2. The van der Waals surface area contributed by atoms with Crippen molar-refractivity contribution in [3.63, 3.8) is 0 Å². The summed E-state index contributed by atoms with van der Waals surface area (Å²) in [6.07, 6.45) is 4.50. The van der Waals surface area contributed by atoms with Crippen LogP contribution >= 0.6 is 0 Å². The lowest BCUT2D eigenvalue weighted by Crippen LogP contribution is -2.42. The lowest BCUT2D eigenvalue weighted by Gasteiger charge is -2.32. The molecule has 0 unspecified atom stereocenters. The maximum Gasteiger partial charge on any atom is 0.314 e. The van der Waals surface area contributed by atoms with Crippen molar-refractivity contribution in [2.24, 2.45) is 5.92 Å². The Morgan fingerprint density at radius 2 is 1.91 bits per heavy atom.